The van der Waals surface area contributed by atoms with E-state index in [2.05, 4.69) is 12.2 Å². The van der Waals surface area contributed by atoms with Gasteiger partial charge in [-0.2, -0.15) is 0 Å². The molecule has 0 aromatic carbocycles. The van der Waals surface area contributed by atoms with Crippen LogP contribution in [0.2, 0.25) is 0 Å². The molecule has 3 N–H and O–H groups in total. The number of hydrogen-bond acceptors (Lipinski definition) is 3. The molecule has 1 amide bonds. The molecule has 0 aliphatic heterocycles. The molecule has 0 spiro atoms. The first-order valence-corrected chi connectivity index (χ1v) is 6.17. The van der Waals surface area contributed by atoms with Gasteiger partial charge < -0.3 is 15.8 Å². The monoisotopic (exact) mass is 228 g/mol. The van der Waals surface area contributed by atoms with Gasteiger partial charge in [0, 0.05) is 32.2 Å². The summed E-state index contributed by atoms with van der Waals surface area (Å²) in [5, 5.41) is 2.96. The van der Waals surface area contributed by atoms with Crippen molar-refractivity contribution in [3.63, 3.8) is 0 Å². The molecule has 4 heteroatoms. The molecular formula is C12H24N2O2. The largest absolute Gasteiger partial charge is 0.385 e. The first-order valence-electron chi connectivity index (χ1n) is 6.17. The van der Waals surface area contributed by atoms with Crippen LogP contribution in [0.5, 0.6) is 0 Å². The molecule has 0 bridgehead atoms. The molecule has 3 atom stereocenters. The van der Waals surface area contributed by atoms with Crippen molar-refractivity contribution in [2.24, 2.45) is 17.6 Å². The fourth-order valence-electron chi connectivity index (χ4n) is 2.23. The van der Waals surface area contributed by atoms with Crippen LogP contribution < -0.4 is 11.1 Å². The lowest BCUT2D eigenvalue weighted by Gasteiger charge is -2.31. The summed E-state index contributed by atoms with van der Waals surface area (Å²) in [5.74, 6) is 0.815. The third kappa shape index (κ3) is 4.10. The van der Waals surface area contributed by atoms with E-state index in [4.69, 9.17) is 10.5 Å². The van der Waals surface area contributed by atoms with E-state index >= 15 is 0 Å². The molecule has 1 saturated carbocycles. The third-order valence-corrected chi connectivity index (χ3v) is 3.43. The Bertz CT molecular complexity index is 221. The molecule has 4 nitrogen and oxygen atoms in total. The molecule has 0 aromatic heterocycles. The van der Waals surface area contributed by atoms with Gasteiger partial charge in [-0.15, -0.1) is 0 Å². The highest BCUT2D eigenvalue weighted by atomic mass is 16.5. The zero-order valence-corrected chi connectivity index (χ0v) is 10.4. The summed E-state index contributed by atoms with van der Waals surface area (Å²) in [6, 6.07) is 0.276. The van der Waals surface area contributed by atoms with Crippen LogP contribution in [0.15, 0.2) is 0 Å². The minimum atomic E-state index is 0.164. The fourth-order valence-corrected chi connectivity index (χ4v) is 2.23. The van der Waals surface area contributed by atoms with Gasteiger partial charge in [-0.25, -0.2) is 0 Å². The summed E-state index contributed by atoms with van der Waals surface area (Å²) >= 11 is 0. The van der Waals surface area contributed by atoms with Crippen molar-refractivity contribution in [3.8, 4) is 0 Å². The zero-order chi connectivity index (χ0) is 12.0. The van der Waals surface area contributed by atoms with Crippen LogP contribution >= 0.6 is 0 Å². The predicted molar refractivity (Wildman–Crippen MR) is 64.0 cm³/mol. The molecule has 0 radical (unpaired) electrons. The molecule has 94 valence electrons. The lowest BCUT2D eigenvalue weighted by molar-refractivity contribution is -0.126. The van der Waals surface area contributed by atoms with Crippen LogP contribution in [-0.2, 0) is 9.53 Å². The Morgan fingerprint density at radius 3 is 2.88 bits per heavy atom. The second-order valence-electron chi connectivity index (χ2n) is 4.79. The van der Waals surface area contributed by atoms with E-state index in [0.29, 0.717) is 19.1 Å². The SMILES string of the molecule is COCCCNC(=O)C1CCC(N)C(C)C1. The molecule has 1 aliphatic rings. The van der Waals surface area contributed by atoms with Gasteiger partial charge in [-0.1, -0.05) is 6.92 Å². The Morgan fingerprint density at radius 1 is 1.50 bits per heavy atom. The van der Waals surface area contributed by atoms with Crippen LogP contribution in [0, 0.1) is 11.8 Å². The predicted octanol–water partition coefficient (Wildman–Crippen LogP) is 0.903. The van der Waals surface area contributed by atoms with Gasteiger partial charge in [-0.05, 0) is 31.6 Å². The normalized spacial score (nSPS) is 30.1. The maximum atomic E-state index is 11.8. The Kier molecular flexibility index (Phi) is 5.77. The lowest BCUT2D eigenvalue weighted by atomic mass is 9.79. The van der Waals surface area contributed by atoms with E-state index in [-0.39, 0.29) is 17.9 Å². The molecule has 3 unspecified atom stereocenters. The highest BCUT2D eigenvalue weighted by Gasteiger charge is 2.29. The Hall–Kier alpha value is -0.610. The van der Waals surface area contributed by atoms with Crippen LogP contribution in [0.4, 0.5) is 0 Å². The van der Waals surface area contributed by atoms with E-state index in [0.717, 1.165) is 25.7 Å². The number of carbonyl (C=O) groups excluding carboxylic acids is 1. The van der Waals surface area contributed by atoms with Crippen LogP contribution in [0.1, 0.15) is 32.6 Å². The smallest absolute Gasteiger partial charge is 0.223 e. The van der Waals surface area contributed by atoms with Crippen molar-refractivity contribution in [1.82, 2.24) is 5.32 Å². The summed E-state index contributed by atoms with van der Waals surface area (Å²) in [5.41, 5.74) is 5.93. The maximum Gasteiger partial charge on any atom is 0.223 e. The maximum absolute atomic E-state index is 11.8. The molecule has 1 aliphatic carbocycles. The summed E-state index contributed by atoms with van der Waals surface area (Å²) in [6.45, 7) is 3.55. The first kappa shape index (κ1) is 13.5. The van der Waals surface area contributed by atoms with Gasteiger partial charge in [0.05, 0.1) is 0 Å². The molecule has 0 saturated heterocycles. The number of nitrogens with two attached hydrogens (primary N) is 1. The second-order valence-corrected chi connectivity index (χ2v) is 4.79. The minimum absolute atomic E-state index is 0.164. The van der Waals surface area contributed by atoms with Gasteiger partial charge >= 0.3 is 0 Å². The topological polar surface area (TPSA) is 64.3 Å². The Balaban J connectivity index is 2.21. The van der Waals surface area contributed by atoms with Crippen molar-refractivity contribution in [1.29, 1.82) is 0 Å². The zero-order valence-electron chi connectivity index (χ0n) is 10.4. The molecular weight excluding hydrogens is 204 g/mol. The number of carbonyl (C=O) groups is 1. The van der Waals surface area contributed by atoms with E-state index in [1.807, 2.05) is 0 Å². The molecule has 1 rings (SSSR count). The van der Waals surface area contributed by atoms with E-state index in [9.17, 15) is 4.79 Å². The fraction of sp³-hybridized carbons (Fsp3) is 0.917. The Labute approximate surface area is 97.9 Å². The van der Waals surface area contributed by atoms with Gasteiger partial charge in [0.25, 0.3) is 0 Å². The standard InChI is InChI=1S/C12H24N2O2/c1-9-8-10(4-5-11(9)13)12(15)14-6-3-7-16-2/h9-11H,3-8,13H2,1-2H3,(H,14,15). The van der Waals surface area contributed by atoms with Crippen molar-refractivity contribution < 1.29 is 9.53 Å². The van der Waals surface area contributed by atoms with Crippen LogP contribution in [0.25, 0.3) is 0 Å². The summed E-state index contributed by atoms with van der Waals surface area (Å²) in [7, 11) is 1.67. The number of methoxy groups -OCH3 is 1. The van der Waals surface area contributed by atoms with Crippen molar-refractivity contribution in [2.45, 2.75) is 38.6 Å². The summed E-state index contributed by atoms with van der Waals surface area (Å²) < 4.78 is 4.93. The van der Waals surface area contributed by atoms with Gasteiger partial charge in [0.2, 0.25) is 5.91 Å². The van der Waals surface area contributed by atoms with Gasteiger partial charge in [-0.3, -0.25) is 4.79 Å². The van der Waals surface area contributed by atoms with E-state index < -0.39 is 0 Å². The number of amides is 1. The summed E-state index contributed by atoms with van der Waals surface area (Å²) in [4.78, 5) is 11.8. The highest BCUT2D eigenvalue weighted by Crippen LogP contribution is 2.27. The average molecular weight is 228 g/mol. The third-order valence-electron chi connectivity index (χ3n) is 3.43. The lowest BCUT2D eigenvalue weighted by Crippen LogP contribution is -2.40. The number of ether oxygens (including phenoxy) is 1. The first-order chi connectivity index (χ1) is 7.65. The van der Waals surface area contributed by atoms with Gasteiger partial charge in [0.1, 0.15) is 0 Å². The number of rotatable bonds is 5. The number of nitrogens with one attached hydrogen (secondary N) is 1. The highest BCUT2D eigenvalue weighted by molar-refractivity contribution is 5.78. The molecule has 16 heavy (non-hydrogen) atoms. The molecule has 1 fully saturated rings. The molecule has 0 aromatic rings. The number of hydrogen-bond donors (Lipinski definition) is 2. The van der Waals surface area contributed by atoms with Crippen molar-refractivity contribution >= 4 is 5.91 Å². The Morgan fingerprint density at radius 2 is 2.25 bits per heavy atom. The van der Waals surface area contributed by atoms with Gasteiger partial charge in [0.15, 0.2) is 0 Å². The van der Waals surface area contributed by atoms with E-state index in [1.165, 1.54) is 0 Å². The average Bonchev–Trinajstić information content (AvgIpc) is 2.28. The van der Waals surface area contributed by atoms with Crippen LogP contribution in [0.3, 0.4) is 0 Å². The van der Waals surface area contributed by atoms with Crippen LogP contribution in [-0.4, -0.2) is 32.2 Å². The van der Waals surface area contributed by atoms with Crippen molar-refractivity contribution in [2.75, 3.05) is 20.3 Å². The van der Waals surface area contributed by atoms with E-state index in [1.54, 1.807) is 7.11 Å². The second kappa shape index (κ2) is 6.86. The van der Waals surface area contributed by atoms with Crippen molar-refractivity contribution in [3.05, 3.63) is 0 Å². The molecule has 0 heterocycles. The quantitative estimate of drug-likeness (QED) is 0.687. The minimum Gasteiger partial charge on any atom is -0.385 e. The summed E-state index contributed by atoms with van der Waals surface area (Å²) in [6.07, 6.45) is 3.71.